The first-order valence-electron chi connectivity index (χ1n) is 19.6. The zero-order valence-electron chi connectivity index (χ0n) is 35.5. The highest BCUT2D eigenvalue weighted by molar-refractivity contribution is 6.22. The second-order valence-corrected chi connectivity index (χ2v) is 8.03. The van der Waals surface area contributed by atoms with Crippen molar-refractivity contribution < 1.29 is 23.3 Å². The van der Waals surface area contributed by atoms with Crippen LogP contribution in [0.1, 0.15) is 23.3 Å². The molecule has 0 saturated carbocycles. The molecule has 0 atom stereocenters. The van der Waals surface area contributed by atoms with E-state index in [0.29, 0.717) is 16.3 Å². The monoisotopic (exact) mass is 473 g/mol. The van der Waals surface area contributed by atoms with Crippen molar-refractivity contribution >= 4 is 32.3 Å². The zero-order valence-corrected chi connectivity index (χ0v) is 18.5. The van der Waals surface area contributed by atoms with E-state index in [9.17, 15) is 5.48 Å². The summed E-state index contributed by atoms with van der Waals surface area (Å²) in [6, 6.07) is -0.590. The molecule has 0 aliphatic heterocycles. The Kier molecular flexibility index (Phi) is 2.31. The summed E-state index contributed by atoms with van der Waals surface area (Å²) >= 11 is 0. The third-order valence-corrected chi connectivity index (χ3v) is 6.06. The molecule has 0 aromatic heterocycles. The van der Waals surface area contributed by atoms with E-state index in [-0.39, 0.29) is 10.9 Å². The third-order valence-electron chi connectivity index (χ3n) is 6.06. The smallest absolute Gasteiger partial charge is 0.0622 e. The lowest BCUT2D eigenvalue weighted by Crippen LogP contribution is -1.91. The van der Waals surface area contributed by atoms with Gasteiger partial charge in [-0.25, -0.2) is 0 Å². The summed E-state index contributed by atoms with van der Waals surface area (Å²) in [5.74, 6) is 0. The van der Waals surface area contributed by atoms with E-state index in [0.717, 1.165) is 0 Å². The molecule has 0 bridgehead atoms. The molecule has 7 rings (SSSR count). The Morgan fingerprint density at radius 1 is 0.389 bits per heavy atom. The summed E-state index contributed by atoms with van der Waals surface area (Å²) < 4.78 is 150. The van der Waals surface area contributed by atoms with Crippen LogP contribution in [0, 0.1) is 0 Å². The van der Waals surface area contributed by atoms with Crippen LogP contribution in [0.15, 0.2) is 145 Å². The molecule has 168 valence electrons. The molecule has 0 amide bonds. The van der Waals surface area contributed by atoms with Crippen LogP contribution in [0.4, 0.5) is 0 Å². The van der Waals surface area contributed by atoms with Gasteiger partial charge >= 0.3 is 0 Å². The molecule has 0 unspecified atom stereocenters. The van der Waals surface area contributed by atoms with Gasteiger partial charge in [0.2, 0.25) is 0 Å². The zero-order chi connectivity index (χ0) is 38.7. The van der Waals surface area contributed by atoms with E-state index in [4.69, 9.17) is 17.8 Å². The number of hydrogen-bond donors (Lipinski definition) is 0. The highest BCUT2D eigenvalue weighted by atomic mass is 14.2. The van der Waals surface area contributed by atoms with E-state index in [2.05, 4.69) is 0 Å². The predicted octanol–water partition coefficient (Wildman–Crippen LogP) is 10.1. The fraction of sp³-hybridized carbons (Fsp3) is 0. The van der Waals surface area contributed by atoms with Gasteiger partial charge in [0.05, 0.1) is 23.3 Å². The molecule has 0 fully saturated rings. The molecule has 0 aliphatic carbocycles. The minimum absolute atomic E-state index is 0.125. The maximum atomic E-state index is 9.80. The van der Waals surface area contributed by atoms with Gasteiger partial charge in [-0.15, -0.1) is 0 Å². The number of hydrogen-bond acceptors (Lipinski definition) is 0. The van der Waals surface area contributed by atoms with Gasteiger partial charge in [-0.3, -0.25) is 0 Å². The lowest BCUT2D eigenvalue weighted by atomic mass is 9.84. The second-order valence-electron chi connectivity index (χ2n) is 8.03. The molecular formula is C36H24. The standard InChI is InChI=1S/C36H24/c1-3-13-26(14-4-1)35-31-19-9-10-20-32(31)36(27-15-5-2-6-16-27)34-24-28(22-23-33(34)35)30-21-11-17-25-12-7-8-18-29(25)30/h1-24H/i1D,2D,3D,4D,5D,6D,9D,10D,13D,14D,15D,16D,19D,20D,22D,23D,24D. The van der Waals surface area contributed by atoms with Crippen LogP contribution in [0.2, 0.25) is 0 Å². The molecule has 0 aliphatic rings. The van der Waals surface area contributed by atoms with Crippen molar-refractivity contribution in [3.8, 4) is 33.4 Å². The van der Waals surface area contributed by atoms with Crippen molar-refractivity contribution in [3.63, 3.8) is 0 Å². The van der Waals surface area contributed by atoms with Crippen molar-refractivity contribution in [1.29, 1.82) is 0 Å². The van der Waals surface area contributed by atoms with Gasteiger partial charge in [0.1, 0.15) is 0 Å². The maximum absolute atomic E-state index is 9.80. The van der Waals surface area contributed by atoms with Crippen LogP contribution in [0.3, 0.4) is 0 Å². The van der Waals surface area contributed by atoms with Gasteiger partial charge < -0.3 is 0 Å². The molecule has 0 radical (unpaired) electrons. The van der Waals surface area contributed by atoms with E-state index >= 15 is 0 Å². The van der Waals surface area contributed by atoms with Crippen molar-refractivity contribution in [2.24, 2.45) is 0 Å². The van der Waals surface area contributed by atoms with Crippen molar-refractivity contribution in [2.45, 2.75) is 0 Å². The van der Waals surface area contributed by atoms with E-state index < -0.39 is 141 Å². The van der Waals surface area contributed by atoms with Crippen LogP contribution in [-0.4, -0.2) is 0 Å². The number of fused-ring (bicyclic) bond motifs is 3. The molecule has 0 N–H and O–H groups in total. The first kappa shape index (κ1) is 9.76. The second kappa shape index (κ2) is 8.52. The normalized spacial score (nSPS) is 17.9. The molecule has 0 heterocycles. The molecular weight excluding hydrogens is 432 g/mol. The SMILES string of the molecule is [2H]c1c([2H])c([2H])c(-c2c3c([2H])c([2H])c([2H])c([2H])c3c(-c3c([2H])c([2H])c([2H])c([2H])c3[2H])c3c([2H])c(-c4cccc5ccccc45)c([2H])c([2H])c23)c([2H])c1[2H]. The predicted molar refractivity (Wildman–Crippen MR) is 155 cm³/mol. The Hall–Kier alpha value is -4.68. The molecule has 36 heavy (non-hydrogen) atoms. The molecule has 7 aromatic carbocycles. The van der Waals surface area contributed by atoms with Gasteiger partial charge in [-0.05, 0) is 71.7 Å². The molecule has 0 heteroatoms. The Bertz CT molecular complexity index is 2740. The minimum atomic E-state index is -0.807. The van der Waals surface area contributed by atoms with Gasteiger partial charge in [0.25, 0.3) is 0 Å². The van der Waals surface area contributed by atoms with Crippen LogP contribution in [0.25, 0.3) is 65.7 Å². The fourth-order valence-electron chi connectivity index (χ4n) is 4.55. The lowest BCUT2D eigenvalue weighted by molar-refractivity contribution is 1.64. The van der Waals surface area contributed by atoms with Crippen LogP contribution >= 0.6 is 0 Å². The average Bonchev–Trinajstić information content (AvgIpc) is 3.15. The van der Waals surface area contributed by atoms with Gasteiger partial charge in [-0.2, -0.15) is 0 Å². The highest BCUT2D eigenvalue weighted by Gasteiger charge is 2.17. The summed E-state index contributed by atoms with van der Waals surface area (Å²) in [5.41, 5.74) is -1.84. The van der Waals surface area contributed by atoms with Crippen LogP contribution in [-0.2, 0) is 0 Å². The Labute approximate surface area is 235 Å². The molecule has 0 spiro atoms. The summed E-state index contributed by atoms with van der Waals surface area (Å²) in [5, 5.41) is -0.497. The number of rotatable bonds is 3. The largest absolute Gasteiger partial charge is 0.0636 e. The van der Waals surface area contributed by atoms with Gasteiger partial charge in [0, 0.05) is 0 Å². The molecule has 0 nitrogen and oxygen atoms in total. The van der Waals surface area contributed by atoms with E-state index in [1.54, 1.807) is 42.5 Å². The van der Waals surface area contributed by atoms with Crippen molar-refractivity contribution in [1.82, 2.24) is 0 Å². The first-order valence-corrected chi connectivity index (χ1v) is 11.1. The Morgan fingerprint density at radius 3 is 1.64 bits per heavy atom. The summed E-state index contributed by atoms with van der Waals surface area (Å²) in [4.78, 5) is 0. The average molecular weight is 474 g/mol. The topological polar surface area (TPSA) is 0 Å². The third kappa shape index (κ3) is 3.31. The van der Waals surface area contributed by atoms with E-state index in [1.807, 2.05) is 0 Å². The lowest BCUT2D eigenvalue weighted by Gasteiger charge is -2.19. The summed E-state index contributed by atoms with van der Waals surface area (Å²) in [6.45, 7) is 0. The fourth-order valence-corrected chi connectivity index (χ4v) is 4.55. The summed E-state index contributed by atoms with van der Waals surface area (Å²) in [7, 11) is 0. The Morgan fingerprint density at radius 2 is 0.944 bits per heavy atom. The van der Waals surface area contributed by atoms with Crippen molar-refractivity contribution in [3.05, 3.63) is 145 Å². The summed E-state index contributed by atoms with van der Waals surface area (Å²) in [6.07, 6.45) is 0. The molecule has 7 aromatic rings. The number of benzene rings is 7. The maximum Gasteiger partial charge on any atom is 0.0636 e. The quantitative estimate of drug-likeness (QED) is 0.224. The highest BCUT2D eigenvalue weighted by Crippen LogP contribution is 2.45. The van der Waals surface area contributed by atoms with Crippen molar-refractivity contribution in [2.75, 3.05) is 0 Å². The first-order chi connectivity index (χ1) is 24.9. The van der Waals surface area contributed by atoms with Gasteiger partial charge in [-0.1, -0.05) is 139 Å². The Balaban J connectivity index is 1.93. The minimum Gasteiger partial charge on any atom is -0.0622 e. The van der Waals surface area contributed by atoms with Crippen LogP contribution < -0.4 is 0 Å². The van der Waals surface area contributed by atoms with Gasteiger partial charge in [0.15, 0.2) is 0 Å². The van der Waals surface area contributed by atoms with E-state index in [1.165, 1.54) is 0 Å². The molecule has 0 saturated heterocycles. The van der Waals surface area contributed by atoms with Crippen LogP contribution in [0.5, 0.6) is 0 Å².